The lowest BCUT2D eigenvalue weighted by Gasteiger charge is -2.28. The van der Waals surface area contributed by atoms with Crippen molar-refractivity contribution in [2.75, 3.05) is 14.1 Å². The largest absolute Gasteiger partial charge is 0.345 e. The highest BCUT2D eigenvalue weighted by atomic mass is 79.9. The standard InChI is InChI=1S/C25H22BrFN4O2/c1-30(2)22(32)17-6-3-5-16(13-17)15-31-23(33)25(29-24(31)28,18-9-11-21(27)12-10-18)19-7-4-8-20(26)14-19/h3-14H,15H2,1-2H3,(H2,28,29). The lowest BCUT2D eigenvalue weighted by Crippen LogP contribution is -2.45. The monoisotopic (exact) mass is 508 g/mol. The predicted octanol–water partition coefficient (Wildman–Crippen LogP) is 4.10. The first kappa shape index (κ1) is 22.7. The van der Waals surface area contributed by atoms with Gasteiger partial charge in [0, 0.05) is 24.1 Å². The fourth-order valence-corrected chi connectivity index (χ4v) is 4.38. The molecule has 33 heavy (non-hydrogen) atoms. The van der Waals surface area contributed by atoms with Crippen LogP contribution in [0.4, 0.5) is 4.39 Å². The SMILES string of the molecule is CN(C)C(=O)c1cccc(CN2C(=N)NC(c3ccc(F)cc3)(c3cccc(Br)c3)C2=O)c1. The second-order valence-electron chi connectivity index (χ2n) is 8.03. The van der Waals surface area contributed by atoms with Crippen molar-refractivity contribution < 1.29 is 14.0 Å². The Morgan fingerprint density at radius 2 is 1.76 bits per heavy atom. The van der Waals surface area contributed by atoms with Gasteiger partial charge in [0.15, 0.2) is 11.5 Å². The van der Waals surface area contributed by atoms with Crippen molar-refractivity contribution in [2.45, 2.75) is 12.1 Å². The number of hydrogen-bond donors (Lipinski definition) is 2. The van der Waals surface area contributed by atoms with Crippen LogP contribution < -0.4 is 5.32 Å². The lowest BCUT2D eigenvalue weighted by molar-refractivity contribution is -0.130. The first-order chi connectivity index (χ1) is 15.7. The van der Waals surface area contributed by atoms with Crippen molar-refractivity contribution in [1.82, 2.24) is 15.1 Å². The summed E-state index contributed by atoms with van der Waals surface area (Å²) in [7, 11) is 3.35. The molecule has 1 saturated heterocycles. The second kappa shape index (κ2) is 8.78. The third-order valence-electron chi connectivity index (χ3n) is 5.60. The summed E-state index contributed by atoms with van der Waals surface area (Å²) in [6.07, 6.45) is 0. The first-order valence-electron chi connectivity index (χ1n) is 10.2. The molecule has 3 aromatic carbocycles. The quantitative estimate of drug-likeness (QED) is 0.544. The summed E-state index contributed by atoms with van der Waals surface area (Å²) in [6, 6.07) is 20.0. The van der Waals surface area contributed by atoms with Gasteiger partial charge >= 0.3 is 0 Å². The number of rotatable bonds is 5. The van der Waals surface area contributed by atoms with Gasteiger partial charge in [0.05, 0.1) is 6.54 Å². The fraction of sp³-hybridized carbons (Fsp3) is 0.160. The Balaban J connectivity index is 1.76. The molecule has 8 heteroatoms. The average molecular weight is 509 g/mol. The minimum absolute atomic E-state index is 0.0753. The van der Waals surface area contributed by atoms with Crippen molar-refractivity contribution in [3.8, 4) is 0 Å². The van der Waals surface area contributed by atoms with Crippen LogP contribution in [0, 0.1) is 11.2 Å². The minimum Gasteiger partial charge on any atom is -0.345 e. The lowest BCUT2D eigenvalue weighted by atomic mass is 9.82. The zero-order valence-electron chi connectivity index (χ0n) is 18.1. The molecule has 1 aliphatic heterocycles. The van der Waals surface area contributed by atoms with Gasteiger partial charge in [-0.2, -0.15) is 0 Å². The summed E-state index contributed by atoms with van der Waals surface area (Å²) in [5.41, 5.74) is 0.978. The molecule has 6 nitrogen and oxygen atoms in total. The molecule has 1 heterocycles. The summed E-state index contributed by atoms with van der Waals surface area (Å²) in [5.74, 6) is -0.995. The molecule has 0 aliphatic carbocycles. The molecule has 4 rings (SSSR count). The highest BCUT2D eigenvalue weighted by molar-refractivity contribution is 9.10. The van der Waals surface area contributed by atoms with Gasteiger partial charge < -0.3 is 10.2 Å². The van der Waals surface area contributed by atoms with Crippen molar-refractivity contribution in [2.24, 2.45) is 0 Å². The van der Waals surface area contributed by atoms with E-state index in [9.17, 15) is 14.0 Å². The number of hydrogen-bond acceptors (Lipinski definition) is 3. The average Bonchev–Trinajstić information content (AvgIpc) is 3.05. The smallest absolute Gasteiger partial charge is 0.264 e. The van der Waals surface area contributed by atoms with Crippen molar-refractivity contribution in [1.29, 1.82) is 5.41 Å². The van der Waals surface area contributed by atoms with Gasteiger partial charge in [0.2, 0.25) is 0 Å². The number of carbonyl (C=O) groups is 2. The summed E-state index contributed by atoms with van der Waals surface area (Å²) in [4.78, 5) is 29.1. The molecule has 0 radical (unpaired) electrons. The Kier molecular flexibility index (Phi) is 6.03. The molecule has 1 unspecified atom stereocenters. The molecule has 1 atom stereocenters. The van der Waals surface area contributed by atoms with Gasteiger partial charge in [-0.15, -0.1) is 0 Å². The Morgan fingerprint density at radius 1 is 1.06 bits per heavy atom. The van der Waals surface area contributed by atoms with E-state index < -0.39 is 11.4 Å². The van der Waals surface area contributed by atoms with Gasteiger partial charge in [-0.25, -0.2) is 4.39 Å². The van der Waals surface area contributed by atoms with Crippen molar-refractivity contribution in [3.05, 3.63) is 105 Å². The highest BCUT2D eigenvalue weighted by Gasteiger charge is 2.52. The number of nitrogens with one attached hydrogen (secondary N) is 2. The molecule has 168 valence electrons. The van der Waals surface area contributed by atoms with E-state index in [1.54, 1.807) is 56.6 Å². The van der Waals surface area contributed by atoms with Crippen LogP contribution in [-0.4, -0.2) is 41.7 Å². The Morgan fingerprint density at radius 3 is 2.42 bits per heavy atom. The van der Waals surface area contributed by atoms with Crippen LogP contribution in [0.15, 0.2) is 77.3 Å². The fourth-order valence-electron chi connectivity index (χ4n) is 3.98. The van der Waals surface area contributed by atoms with Crippen LogP contribution in [0.2, 0.25) is 0 Å². The Hall–Kier alpha value is -3.52. The summed E-state index contributed by atoms with van der Waals surface area (Å²) in [6.45, 7) is 0.107. The normalized spacial score (nSPS) is 17.8. The third kappa shape index (κ3) is 4.14. The van der Waals surface area contributed by atoms with E-state index in [0.29, 0.717) is 22.3 Å². The van der Waals surface area contributed by atoms with Crippen LogP contribution in [0.3, 0.4) is 0 Å². The number of benzene rings is 3. The third-order valence-corrected chi connectivity index (χ3v) is 6.09. The van der Waals surface area contributed by atoms with E-state index in [-0.39, 0.29) is 24.3 Å². The maximum atomic E-state index is 13.9. The second-order valence-corrected chi connectivity index (χ2v) is 8.95. The molecule has 2 amide bonds. The Labute approximate surface area is 199 Å². The number of guanidine groups is 1. The molecule has 1 aliphatic rings. The number of nitrogens with zero attached hydrogens (tertiary/aromatic N) is 2. The zero-order chi connectivity index (χ0) is 23.8. The Bertz CT molecular complexity index is 1250. The maximum Gasteiger partial charge on any atom is 0.264 e. The topological polar surface area (TPSA) is 76.5 Å². The zero-order valence-corrected chi connectivity index (χ0v) is 19.7. The highest BCUT2D eigenvalue weighted by Crippen LogP contribution is 2.37. The molecule has 2 N–H and O–H groups in total. The molecule has 3 aromatic rings. The van der Waals surface area contributed by atoms with E-state index in [4.69, 9.17) is 5.41 Å². The first-order valence-corrected chi connectivity index (χ1v) is 11.0. The van der Waals surface area contributed by atoms with E-state index in [2.05, 4.69) is 21.2 Å². The van der Waals surface area contributed by atoms with Crippen LogP contribution in [0.1, 0.15) is 27.0 Å². The van der Waals surface area contributed by atoms with Gasteiger partial charge in [-0.3, -0.25) is 19.9 Å². The summed E-state index contributed by atoms with van der Waals surface area (Å²) >= 11 is 3.45. The van der Waals surface area contributed by atoms with Crippen molar-refractivity contribution >= 4 is 33.7 Å². The number of carbonyl (C=O) groups excluding carboxylic acids is 2. The molecule has 1 fully saturated rings. The molecule has 0 spiro atoms. The molecular formula is C25H22BrFN4O2. The summed E-state index contributed by atoms with van der Waals surface area (Å²) < 4.78 is 14.4. The van der Waals surface area contributed by atoms with E-state index >= 15 is 0 Å². The number of halogens is 2. The van der Waals surface area contributed by atoms with Gasteiger partial charge in [0.25, 0.3) is 11.8 Å². The molecule has 0 aromatic heterocycles. The summed E-state index contributed by atoms with van der Waals surface area (Å²) in [5, 5.41) is 11.6. The van der Waals surface area contributed by atoms with E-state index in [1.807, 2.05) is 18.2 Å². The van der Waals surface area contributed by atoms with E-state index in [0.717, 1.165) is 4.47 Å². The molecule has 0 saturated carbocycles. The van der Waals surface area contributed by atoms with Gasteiger partial charge in [-0.05, 0) is 53.1 Å². The minimum atomic E-state index is -1.38. The van der Waals surface area contributed by atoms with Crippen LogP contribution in [-0.2, 0) is 16.9 Å². The van der Waals surface area contributed by atoms with E-state index in [1.165, 1.54) is 21.9 Å². The molecular weight excluding hydrogens is 487 g/mol. The van der Waals surface area contributed by atoms with Crippen LogP contribution >= 0.6 is 15.9 Å². The van der Waals surface area contributed by atoms with Crippen LogP contribution in [0.25, 0.3) is 0 Å². The molecule has 0 bridgehead atoms. The predicted molar refractivity (Wildman–Crippen MR) is 127 cm³/mol. The van der Waals surface area contributed by atoms with Gasteiger partial charge in [-0.1, -0.05) is 52.3 Å². The van der Waals surface area contributed by atoms with Crippen molar-refractivity contribution in [3.63, 3.8) is 0 Å². The van der Waals surface area contributed by atoms with Gasteiger partial charge in [0.1, 0.15) is 5.82 Å². The maximum absolute atomic E-state index is 13.9. The van der Waals surface area contributed by atoms with Crippen LogP contribution in [0.5, 0.6) is 0 Å². The number of amides is 2.